The Hall–Kier alpha value is -4.45. The number of benzene rings is 1. The largest absolute Gasteiger partial charge is 0.457 e. The SMILES string of the molecule is Cc1c(Oc2ccn3ncnc3c2)ccc(Nc2ncnc3cnc(N4CCNC(C)C4)c(F)c23)c1F. The van der Waals surface area contributed by atoms with E-state index in [4.69, 9.17) is 4.74 Å². The zero-order valence-corrected chi connectivity index (χ0v) is 20.1. The van der Waals surface area contributed by atoms with Gasteiger partial charge in [0.05, 0.1) is 22.8 Å². The molecule has 1 unspecified atom stereocenters. The van der Waals surface area contributed by atoms with Crippen LogP contribution in [0.4, 0.5) is 26.1 Å². The van der Waals surface area contributed by atoms with Gasteiger partial charge in [0.1, 0.15) is 30.0 Å². The van der Waals surface area contributed by atoms with Crippen LogP contribution in [0.1, 0.15) is 12.5 Å². The van der Waals surface area contributed by atoms with Crippen LogP contribution in [0.3, 0.4) is 0 Å². The van der Waals surface area contributed by atoms with E-state index in [-0.39, 0.29) is 34.3 Å². The first-order chi connectivity index (χ1) is 18.0. The van der Waals surface area contributed by atoms with E-state index < -0.39 is 11.6 Å². The Balaban J connectivity index is 1.32. The second-order valence-electron chi connectivity index (χ2n) is 8.88. The zero-order valence-electron chi connectivity index (χ0n) is 20.1. The van der Waals surface area contributed by atoms with Gasteiger partial charge >= 0.3 is 0 Å². The number of piperazine rings is 1. The van der Waals surface area contributed by atoms with Crippen LogP contribution in [0.25, 0.3) is 16.6 Å². The molecule has 0 saturated carbocycles. The zero-order chi connectivity index (χ0) is 25.5. The van der Waals surface area contributed by atoms with E-state index in [0.717, 1.165) is 6.54 Å². The molecule has 0 radical (unpaired) electrons. The highest BCUT2D eigenvalue weighted by Crippen LogP contribution is 2.34. The predicted octanol–water partition coefficient (Wildman–Crippen LogP) is 3.99. The summed E-state index contributed by atoms with van der Waals surface area (Å²) in [5, 5.41) is 10.5. The first-order valence-corrected chi connectivity index (χ1v) is 11.8. The molecule has 1 atom stereocenters. The smallest absolute Gasteiger partial charge is 0.178 e. The summed E-state index contributed by atoms with van der Waals surface area (Å²) in [6.45, 7) is 5.60. The van der Waals surface area contributed by atoms with Crippen molar-refractivity contribution in [2.24, 2.45) is 0 Å². The number of hydrogen-bond donors (Lipinski definition) is 2. The molecule has 10 nitrogen and oxygen atoms in total. The second kappa shape index (κ2) is 9.21. The molecule has 188 valence electrons. The van der Waals surface area contributed by atoms with Gasteiger partial charge in [-0.05, 0) is 32.0 Å². The van der Waals surface area contributed by atoms with Crippen LogP contribution in [-0.2, 0) is 0 Å². The average molecular weight is 504 g/mol. The topological polar surface area (TPSA) is 105 Å². The van der Waals surface area contributed by atoms with Gasteiger partial charge in [0.2, 0.25) is 0 Å². The Bertz CT molecular complexity index is 1620. The summed E-state index contributed by atoms with van der Waals surface area (Å²) < 4.78 is 38.7. The van der Waals surface area contributed by atoms with Crippen LogP contribution in [0.5, 0.6) is 11.5 Å². The number of pyridine rings is 2. The molecule has 0 spiro atoms. The van der Waals surface area contributed by atoms with Crippen molar-refractivity contribution in [2.75, 3.05) is 29.9 Å². The van der Waals surface area contributed by atoms with E-state index in [1.807, 2.05) is 11.8 Å². The van der Waals surface area contributed by atoms with Gasteiger partial charge in [-0.2, -0.15) is 5.10 Å². The maximum absolute atomic E-state index is 15.7. The van der Waals surface area contributed by atoms with Crippen LogP contribution < -0.4 is 20.3 Å². The second-order valence-corrected chi connectivity index (χ2v) is 8.88. The third kappa shape index (κ3) is 4.25. The summed E-state index contributed by atoms with van der Waals surface area (Å²) in [7, 11) is 0. The number of nitrogens with zero attached hydrogens (tertiary/aromatic N) is 7. The fourth-order valence-electron chi connectivity index (χ4n) is 4.43. The molecule has 0 bridgehead atoms. The highest BCUT2D eigenvalue weighted by atomic mass is 19.1. The van der Waals surface area contributed by atoms with Crippen molar-refractivity contribution in [3.8, 4) is 11.5 Å². The lowest BCUT2D eigenvalue weighted by atomic mass is 10.1. The van der Waals surface area contributed by atoms with E-state index in [1.165, 1.54) is 24.9 Å². The first-order valence-electron chi connectivity index (χ1n) is 11.8. The first kappa shape index (κ1) is 23.0. The van der Waals surface area contributed by atoms with Crippen molar-refractivity contribution >= 4 is 33.9 Å². The minimum atomic E-state index is -0.546. The molecule has 12 heteroatoms. The van der Waals surface area contributed by atoms with Crippen LogP contribution in [0.2, 0.25) is 0 Å². The number of rotatable bonds is 5. The molecule has 4 aromatic heterocycles. The molecule has 1 saturated heterocycles. The fourth-order valence-corrected chi connectivity index (χ4v) is 4.43. The van der Waals surface area contributed by atoms with E-state index in [1.54, 1.807) is 35.8 Å². The number of hydrogen-bond acceptors (Lipinski definition) is 9. The Morgan fingerprint density at radius 1 is 1.08 bits per heavy atom. The van der Waals surface area contributed by atoms with Gasteiger partial charge in [0.15, 0.2) is 23.1 Å². The molecule has 1 aromatic carbocycles. The highest BCUT2D eigenvalue weighted by Gasteiger charge is 2.24. The van der Waals surface area contributed by atoms with E-state index in [2.05, 4.69) is 35.7 Å². The lowest BCUT2D eigenvalue weighted by Gasteiger charge is -2.33. The van der Waals surface area contributed by atoms with Gasteiger partial charge < -0.3 is 20.3 Å². The number of ether oxygens (including phenoxy) is 1. The maximum atomic E-state index is 15.7. The Kier molecular flexibility index (Phi) is 5.72. The lowest BCUT2D eigenvalue weighted by molar-refractivity contribution is 0.471. The van der Waals surface area contributed by atoms with Crippen molar-refractivity contribution < 1.29 is 13.5 Å². The molecule has 5 aromatic rings. The summed E-state index contributed by atoms with van der Waals surface area (Å²) in [5.41, 5.74) is 1.34. The summed E-state index contributed by atoms with van der Waals surface area (Å²) in [4.78, 5) is 18.7. The molecule has 2 N–H and O–H groups in total. The van der Waals surface area contributed by atoms with Crippen LogP contribution in [-0.4, -0.2) is 55.2 Å². The maximum Gasteiger partial charge on any atom is 0.178 e. The fraction of sp³-hybridized carbons (Fsp3) is 0.240. The standard InChI is InChI=1S/C25H23F2N9O/c1-14-11-35(8-6-28-14)25-23(27)21-18(10-29-25)30-12-32-24(21)34-17-3-4-19(15(2)22(17)26)37-16-5-7-36-20(9-16)31-13-33-36/h3-5,7,9-10,12-14,28H,6,8,11H2,1-2H3,(H,30,32,34). The molecule has 1 aliphatic heterocycles. The van der Waals surface area contributed by atoms with Crippen molar-refractivity contribution in [2.45, 2.75) is 19.9 Å². The molecule has 1 aliphatic rings. The van der Waals surface area contributed by atoms with Crippen molar-refractivity contribution in [1.29, 1.82) is 0 Å². The van der Waals surface area contributed by atoms with E-state index in [9.17, 15) is 0 Å². The Morgan fingerprint density at radius 3 is 2.84 bits per heavy atom. The molecule has 6 rings (SSSR count). The van der Waals surface area contributed by atoms with Crippen molar-refractivity contribution in [3.63, 3.8) is 0 Å². The normalized spacial score (nSPS) is 15.9. The Morgan fingerprint density at radius 2 is 1.97 bits per heavy atom. The van der Waals surface area contributed by atoms with E-state index >= 15 is 8.78 Å². The number of anilines is 3. The van der Waals surface area contributed by atoms with E-state index in [0.29, 0.717) is 35.8 Å². The van der Waals surface area contributed by atoms with Gasteiger partial charge in [-0.1, -0.05) is 0 Å². The molecule has 1 fully saturated rings. The minimum absolute atomic E-state index is 0.131. The summed E-state index contributed by atoms with van der Waals surface area (Å²) in [6.07, 6.45) is 5.95. The summed E-state index contributed by atoms with van der Waals surface area (Å²) >= 11 is 0. The molecule has 0 amide bonds. The summed E-state index contributed by atoms with van der Waals surface area (Å²) in [6, 6.07) is 6.79. The number of aromatic nitrogens is 6. The highest BCUT2D eigenvalue weighted by molar-refractivity contribution is 5.92. The molecule has 0 aliphatic carbocycles. The lowest BCUT2D eigenvalue weighted by Crippen LogP contribution is -2.49. The predicted molar refractivity (Wildman–Crippen MR) is 134 cm³/mol. The van der Waals surface area contributed by atoms with Crippen LogP contribution in [0, 0.1) is 18.6 Å². The van der Waals surface area contributed by atoms with Crippen molar-refractivity contribution in [3.05, 3.63) is 66.5 Å². The number of halogens is 2. The minimum Gasteiger partial charge on any atom is -0.457 e. The van der Waals surface area contributed by atoms with Gasteiger partial charge in [-0.25, -0.2) is 33.2 Å². The van der Waals surface area contributed by atoms with Gasteiger partial charge in [0, 0.05) is 43.5 Å². The quantitative estimate of drug-likeness (QED) is 0.368. The van der Waals surface area contributed by atoms with Crippen molar-refractivity contribution in [1.82, 2.24) is 34.9 Å². The third-order valence-corrected chi connectivity index (χ3v) is 6.34. The number of nitrogens with one attached hydrogen (secondary N) is 2. The monoisotopic (exact) mass is 503 g/mol. The molecular formula is C25H23F2N9O. The van der Waals surface area contributed by atoms with Gasteiger partial charge in [-0.15, -0.1) is 0 Å². The summed E-state index contributed by atoms with van der Waals surface area (Å²) in [5.74, 6) is 0.121. The third-order valence-electron chi connectivity index (χ3n) is 6.34. The number of fused-ring (bicyclic) bond motifs is 2. The average Bonchev–Trinajstić information content (AvgIpc) is 3.37. The molecular weight excluding hydrogens is 480 g/mol. The van der Waals surface area contributed by atoms with Gasteiger partial charge in [0.25, 0.3) is 0 Å². The molecule has 37 heavy (non-hydrogen) atoms. The molecule has 5 heterocycles. The van der Waals surface area contributed by atoms with Gasteiger partial charge in [-0.3, -0.25) is 0 Å². The van der Waals surface area contributed by atoms with Crippen LogP contribution in [0.15, 0.2) is 49.3 Å². The van der Waals surface area contributed by atoms with Crippen LogP contribution >= 0.6 is 0 Å². The Labute approximate surface area is 210 Å².